The van der Waals surface area contributed by atoms with Crippen LogP contribution in [0, 0.1) is 13.8 Å². The van der Waals surface area contributed by atoms with Gasteiger partial charge in [-0.25, -0.2) is 4.98 Å². The summed E-state index contributed by atoms with van der Waals surface area (Å²) in [6.07, 6.45) is 1.15. The molecular weight excluding hydrogens is 274 g/mol. The van der Waals surface area contributed by atoms with Gasteiger partial charge in [0.05, 0.1) is 29.3 Å². The molecule has 3 heterocycles. The molecule has 0 saturated carbocycles. The van der Waals surface area contributed by atoms with Crippen LogP contribution in [-0.4, -0.2) is 37.7 Å². The number of hydrogen-bond donors (Lipinski definition) is 1. The zero-order valence-electron chi connectivity index (χ0n) is 13.1. The van der Waals surface area contributed by atoms with Crippen LogP contribution in [-0.2, 0) is 6.54 Å². The van der Waals surface area contributed by atoms with Crippen molar-refractivity contribution in [2.45, 2.75) is 32.9 Å². The summed E-state index contributed by atoms with van der Waals surface area (Å²) in [5, 5.41) is 4.64. The van der Waals surface area contributed by atoms with Crippen molar-refractivity contribution in [3.63, 3.8) is 0 Å². The van der Waals surface area contributed by atoms with Crippen LogP contribution < -0.4 is 0 Å². The summed E-state index contributed by atoms with van der Waals surface area (Å²) in [7, 11) is 0. The summed E-state index contributed by atoms with van der Waals surface area (Å²) in [6, 6.07) is 10.8. The second-order valence-electron chi connectivity index (χ2n) is 6.25. The maximum atomic E-state index is 4.68. The van der Waals surface area contributed by atoms with Gasteiger partial charge in [0.2, 0.25) is 0 Å². The van der Waals surface area contributed by atoms with Gasteiger partial charge >= 0.3 is 0 Å². The van der Waals surface area contributed by atoms with Crippen molar-refractivity contribution >= 4 is 11.0 Å². The molecule has 1 N–H and O–H groups in total. The number of para-hydroxylation sites is 2. The highest BCUT2D eigenvalue weighted by atomic mass is 15.3. The van der Waals surface area contributed by atoms with Crippen LogP contribution in [0.3, 0.4) is 0 Å². The van der Waals surface area contributed by atoms with E-state index >= 15 is 0 Å². The molecule has 0 spiro atoms. The molecule has 0 radical (unpaired) electrons. The van der Waals surface area contributed by atoms with Crippen molar-refractivity contribution in [3.05, 3.63) is 47.5 Å². The molecule has 1 fully saturated rings. The molecule has 22 heavy (non-hydrogen) atoms. The van der Waals surface area contributed by atoms with Gasteiger partial charge in [0.25, 0.3) is 0 Å². The Morgan fingerprint density at radius 3 is 2.91 bits per heavy atom. The molecule has 0 amide bonds. The summed E-state index contributed by atoms with van der Waals surface area (Å²) in [4.78, 5) is 10.6. The number of nitrogens with zero attached hydrogens (tertiary/aromatic N) is 4. The number of hydrogen-bond acceptors (Lipinski definition) is 3. The number of nitrogens with one attached hydrogen (secondary N) is 1. The van der Waals surface area contributed by atoms with Gasteiger partial charge in [0.1, 0.15) is 5.82 Å². The van der Waals surface area contributed by atoms with Crippen LogP contribution in [0.25, 0.3) is 11.0 Å². The topological polar surface area (TPSA) is 49.7 Å². The molecule has 5 heteroatoms. The maximum absolute atomic E-state index is 4.68. The first-order valence-corrected chi connectivity index (χ1v) is 7.88. The van der Waals surface area contributed by atoms with Crippen LogP contribution in [0.15, 0.2) is 30.3 Å². The summed E-state index contributed by atoms with van der Waals surface area (Å²) >= 11 is 0. The minimum atomic E-state index is 0.484. The number of H-pyrrole nitrogens is 1. The Morgan fingerprint density at radius 2 is 2.14 bits per heavy atom. The van der Waals surface area contributed by atoms with Crippen molar-refractivity contribution in [1.29, 1.82) is 0 Å². The van der Waals surface area contributed by atoms with Crippen molar-refractivity contribution in [3.8, 4) is 0 Å². The Hall–Kier alpha value is -2.14. The van der Waals surface area contributed by atoms with Gasteiger partial charge in [-0.1, -0.05) is 12.1 Å². The molecule has 1 atom stereocenters. The fourth-order valence-corrected chi connectivity index (χ4v) is 3.46. The number of aromatic nitrogens is 4. The minimum absolute atomic E-state index is 0.484. The molecule has 1 unspecified atom stereocenters. The molecule has 5 nitrogen and oxygen atoms in total. The predicted octanol–water partition coefficient (Wildman–Crippen LogP) is 2.82. The fraction of sp³-hybridized carbons (Fsp3) is 0.412. The normalized spacial score (nSPS) is 19.3. The molecule has 0 bridgehead atoms. The van der Waals surface area contributed by atoms with E-state index < -0.39 is 0 Å². The summed E-state index contributed by atoms with van der Waals surface area (Å²) in [5.74, 6) is 1.05. The SMILES string of the molecule is Cc1cc(C)n(C2CCN(Cc3nc4ccccc4[nH]3)C2)n1. The van der Waals surface area contributed by atoms with Crippen LogP contribution in [0.2, 0.25) is 0 Å². The smallest absolute Gasteiger partial charge is 0.121 e. The van der Waals surface area contributed by atoms with E-state index in [4.69, 9.17) is 0 Å². The summed E-state index contributed by atoms with van der Waals surface area (Å²) < 4.78 is 2.19. The molecule has 114 valence electrons. The number of benzene rings is 1. The molecular formula is C17H21N5. The number of imidazole rings is 1. The predicted molar refractivity (Wildman–Crippen MR) is 86.7 cm³/mol. The van der Waals surface area contributed by atoms with Gasteiger partial charge in [-0.15, -0.1) is 0 Å². The van der Waals surface area contributed by atoms with Gasteiger partial charge in [-0.2, -0.15) is 5.10 Å². The first-order chi connectivity index (χ1) is 10.7. The quantitative estimate of drug-likeness (QED) is 0.808. The average molecular weight is 295 g/mol. The van der Waals surface area contributed by atoms with Gasteiger partial charge in [-0.05, 0) is 38.5 Å². The molecule has 3 aromatic rings. The second kappa shape index (κ2) is 5.25. The third-order valence-electron chi connectivity index (χ3n) is 4.45. The van der Waals surface area contributed by atoms with Crippen LogP contribution in [0.5, 0.6) is 0 Å². The van der Waals surface area contributed by atoms with Crippen LogP contribution >= 0.6 is 0 Å². The fourth-order valence-electron chi connectivity index (χ4n) is 3.46. The third-order valence-corrected chi connectivity index (χ3v) is 4.45. The largest absolute Gasteiger partial charge is 0.341 e. The van der Waals surface area contributed by atoms with E-state index in [9.17, 15) is 0 Å². The van der Waals surface area contributed by atoms with Gasteiger partial charge < -0.3 is 4.98 Å². The number of rotatable bonds is 3. The Morgan fingerprint density at radius 1 is 1.27 bits per heavy atom. The van der Waals surface area contributed by atoms with Crippen molar-refractivity contribution in [1.82, 2.24) is 24.6 Å². The standard InChI is InChI=1S/C17H21N5/c1-12-9-13(2)22(20-12)14-7-8-21(10-14)11-17-18-15-5-3-4-6-16(15)19-17/h3-6,9,14H,7-8,10-11H2,1-2H3,(H,18,19). The first kappa shape index (κ1) is 13.5. The lowest BCUT2D eigenvalue weighted by atomic mass is 10.2. The van der Waals surface area contributed by atoms with Gasteiger partial charge in [0, 0.05) is 18.8 Å². The first-order valence-electron chi connectivity index (χ1n) is 7.88. The average Bonchev–Trinajstić information content (AvgIpc) is 3.17. The number of aryl methyl sites for hydroxylation is 2. The Kier molecular flexibility index (Phi) is 3.22. The Bertz CT molecular complexity index is 767. The molecule has 1 aromatic carbocycles. The minimum Gasteiger partial charge on any atom is -0.341 e. The van der Waals surface area contributed by atoms with E-state index in [-0.39, 0.29) is 0 Å². The Labute approximate surface area is 130 Å². The van der Waals surface area contributed by atoms with E-state index in [0.29, 0.717) is 6.04 Å². The molecule has 1 aliphatic rings. The monoisotopic (exact) mass is 295 g/mol. The molecule has 2 aromatic heterocycles. The molecule has 4 rings (SSSR count). The second-order valence-corrected chi connectivity index (χ2v) is 6.25. The van der Waals surface area contributed by atoms with E-state index in [1.165, 1.54) is 5.69 Å². The van der Waals surface area contributed by atoms with Gasteiger partial charge in [0.15, 0.2) is 0 Å². The van der Waals surface area contributed by atoms with E-state index in [1.807, 2.05) is 12.1 Å². The third kappa shape index (κ3) is 2.41. The van der Waals surface area contributed by atoms with Gasteiger partial charge in [-0.3, -0.25) is 9.58 Å². The van der Waals surface area contributed by atoms with E-state index in [1.54, 1.807) is 0 Å². The lowest BCUT2D eigenvalue weighted by molar-refractivity contribution is 0.304. The molecule has 1 saturated heterocycles. The van der Waals surface area contributed by atoms with Crippen molar-refractivity contribution < 1.29 is 0 Å². The zero-order chi connectivity index (χ0) is 15.1. The maximum Gasteiger partial charge on any atom is 0.121 e. The summed E-state index contributed by atoms with van der Waals surface area (Å²) in [6.45, 7) is 7.22. The summed E-state index contributed by atoms with van der Waals surface area (Å²) in [5.41, 5.74) is 4.53. The number of likely N-dealkylation sites (tertiary alicyclic amines) is 1. The number of aromatic amines is 1. The molecule has 1 aliphatic heterocycles. The highest BCUT2D eigenvalue weighted by Gasteiger charge is 2.26. The lowest BCUT2D eigenvalue weighted by Crippen LogP contribution is -2.22. The highest BCUT2D eigenvalue weighted by Crippen LogP contribution is 2.24. The van der Waals surface area contributed by atoms with Crippen LogP contribution in [0.4, 0.5) is 0 Å². The highest BCUT2D eigenvalue weighted by molar-refractivity contribution is 5.74. The van der Waals surface area contributed by atoms with Crippen molar-refractivity contribution in [2.24, 2.45) is 0 Å². The van der Waals surface area contributed by atoms with Crippen LogP contribution in [0.1, 0.15) is 29.7 Å². The van der Waals surface area contributed by atoms with E-state index in [0.717, 1.165) is 48.6 Å². The Balaban J connectivity index is 1.47. The van der Waals surface area contributed by atoms with E-state index in [2.05, 4.69) is 56.7 Å². The van der Waals surface area contributed by atoms with Crippen molar-refractivity contribution in [2.75, 3.05) is 13.1 Å². The lowest BCUT2D eigenvalue weighted by Gasteiger charge is -2.15. The number of fused-ring (bicyclic) bond motifs is 1. The zero-order valence-corrected chi connectivity index (χ0v) is 13.1. The molecule has 0 aliphatic carbocycles.